The monoisotopic (exact) mass is 429 g/mol. The number of anilines is 1. The van der Waals surface area contributed by atoms with Crippen LogP contribution in [0.5, 0.6) is 0 Å². The van der Waals surface area contributed by atoms with Gasteiger partial charge >= 0.3 is 6.18 Å². The number of amides is 2. The van der Waals surface area contributed by atoms with E-state index in [4.69, 9.17) is 0 Å². The maximum atomic E-state index is 12.2. The van der Waals surface area contributed by atoms with Gasteiger partial charge in [0.25, 0.3) is 0 Å². The Hall–Kier alpha value is -2.92. The van der Waals surface area contributed by atoms with Crippen molar-refractivity contribution in [1.82, 2.24) is 10.0 Å². The highest BCUT2D eigenvalue weighted by atomic mass is 32.2. The molecule has 0 fully saturated rings. The third-order valence-corrected chi connectivity index (χ3v) is 4.98. The Morgan fingerprint density at radius 3 is 2.10 bits per heavy atom. The lowest BCUT2D eigenvalue weighted by Gasteiger charge is -2.10. The molecule has 2 amide bonds. The van der Waals surface area contributed by atoms with Crippen LogP contribution in [0, 0.1) is 0 Å². The minimum atomic E-state index is -4.67. The van der Waals surface area contributed by atoms with Crippen LogP contribution in [0.25, 0.3) is 0 Å². The van der Waals surface area contributed by atoms with Crippen molar-refractivity contribution in [3.05, 3.63) is 60.2 Å². The molecule has 0 saturated carbocycles. The lowest BCUT2D eigenvalue weighted by molar-refractivity contribution is -0.123. The van der Waals surface area contributed by atoms with Crippen LogP contribution < -0.4 is 15.4 Å². The number of carbonyl (C=O) groups excluding carboxylic acids is 2. The molecule has 3 N–H and O–H groups in total. The summed E-state index contributed by atoms with van der Waals surface area (Å²) >= 11 is 0. The maximum absolute atomic E-state index is 12.2. The zero-order valence-electron chi connectivity index (χ0n) is 15.0. The van der Waals surface area contributed by atoms with Gasteiger partial charge < -0.3 is 10.6 Å². The van der Waals surface area contributed by atoms with Crippen molar-refractivity contribution in [3.8, 4) is 0 Å². The minimum absolute atomic E-state index is 0.117. The summed E-state index contributed by atoms with van der Waals surface area (Å²) in [5, 5.41) is 4.90. The first-order valence-corrected chi connectivity index (χ1v) is 9.80. The van der Waals surface area contributed by atoms with E-state index < -0.39 is 28.7 Å². The summed E-state index contributed by atoms with van der Waals surface area (Å²) in [5.74, 6) is -0.888. The molecule has 0 atom stereocenters. The summed E-state index contributed by atoms with van der Waals surface area (Å²) in [5.41, 5.74) is 1.02. The van der Waals surface area contributed by atoms with Gasteiger partial charge in [-0.3, -0.25) is 9.59 Å². The molecule has 0 saturated heterocycles. The molecule has 2 aromatic rings. The van der Waals surface area contributed by atoms with E-state index in [1.807, 2.05) is 6.07 Å². The number of benzene rings is 2. The fourth-order valence-corrected chi connectivity index (χ4v) is 3.22. The predicted molar refractivity (Wildman–Crippen MR) is 99.5 cm³/mol. The Morgan fingerprint density at radius 2 is 1.52 bits per heavy atom. The molecule has 7 nitrogen and oxygen atoms in total. The summed E-state index contributed by atoms with van der Waals surface area (Å²) in [6.07, 6.45) is -4.56. The number of hydrogen-bond donors (Lipinski definition) is 3. The topological polar surface area (TPSA) is 104 Å². The normalized spacial score (nSPS) is 11.7. The third-order valence-electron chi connectivity index (χ3n) is 3.56. The van der Waals surface area contributed by atoms with Gasteiger partial charge in [0.2, 0.25) is 21.8 Å². The van der Waals surface area contributed by atoms with Gasteiger partial charge in [-0.2, -0.15) is 13.2 Å². The average Bonchev–Trinajstić information content (AvgIpc) is 2.66. The molecule has 0 spiro atoms. The van der Waals surface area contributed by atoms with Crippen LogP contribution in [0.1, 0.15) is 5.56 Å². The number of rotatable bonds is 8. The molecule has 0 unspecified atom stereocenters. The van der Waals surface area contributed by atoms with Gasteiger partial charge in [-0.05, 0) is 29.8 Å². The minimum Gasteiger partial charge on any atom is -0.347 e. The van der Waals surface area contributed by atoms with E-state index in [-0.39, 0.29) is 29.5 Å². The molecule has 0 aliphatic carbocycles. The fourth-order valence-electron chi connectivity index (χ4n) is 2.21. The molecule has 2 aromatic carbocycles. The van der Waals surface area contributed by atoms with Crippen LogP contribution in [0.3, 0.4) is 0 Å². The molecule has 0 bridgehead atoms. The van der Waals surface area contributed by atoms with E-state index in [9.17, 15) is 31.2 Å². The first kappa shape index (κ1) is 22.4. The molecule has 29 heavy (non-hydrogen) atoms. The molecular formula is C18H18F3N3O4S. The summed E-state index contributed by atoms with van der Waals surface area (Å²) in [4.78, 5) is 23.3. The molecule has 11 heteroatoms. The van der Waals surface area contributed by atoms with Gasteiger partial charge in [0.05, 0.1) is 17.9 Å². The second kappa shape index (κ2) is 9.52. The lowest BCUT2D eigenvalue weighted by atomic mass is 10.1. The van der Waals surface area contributed by atoms with E-state index >= 15 is 0 Å². The summed E-state index contributed by atoms with van der Waals surface area (Å²) in [7, 11) is -4.33. The van der Waals surface area contributed by atoms with Gasteiger partial charge in [-0.25, -0.2) is 13.1 Å². The van der Waals surface area contributed by atoms with Gasteiger partial charge in [-0.1, -0.05) is 30.3 Å². The smallest absolute Gasteiger partial charge is 0.347 e. The van der Waals surface area contributed by atoms with Crippen molar-refractivity contribution in [2.24, 2.45) is 0 Å². The zero-order chi connectivity index (χ0) is 21.5. The van der Waals surface area contributed by atoms with Crippen LogP contribution in [-0.4, -0.2) is 39.5 Å². The van der Waals surface area contributed by atoms with E-state index in [1.165, 1.54) is 16.9 Å². The molecular weight excluding hydrogens is 411 g/mol. The number of sulfonamides is 1. The highest BCUT2D eigenvalue weighted by molar-refractivity contribution is 7.89. The number of halogens is 3. The van der Waals surface area contributed by atoms with Crippen LogP contribution in [-0.2, 0) is 26.0 Å². The standard InChI is InChI=1S/C18H18F3N3O4S/c19-18(20,21)12-23-29(27,28)15-8-6-14(7-9-15)24-17(26)11-22-16(25)10-13-4-2-1-3-5-13/h1-9,23H,10-12H2,(H,22,25)(H,24,26). The van der Waals surface area contributed by atoms with Gasteiger partial charge in [0.15, 0.2) is 0 Å². The Kier molecular flexibility index (Phi) is 7.35. The van der Waals surface area contributed by atoms with Crippen molar-refractivity contribution < 1.29 is 31.2 Å². The maximum Gasteiger partial charge on any atom is 0.402 e. The second-order valence-corrected chi connectivity index (χ2v) is 7.72. The van der Waals surface area contributed by atoms with Crippen molar-refractivity contribution in [2.75, 3.05) is 18.4 Å². The van der Waals surface area contributed by atoms with E-state index in [2.05, 4.69) is 10.6 Å². The van der Waals surface area contributed by atoms with E-state index in [0.29, 0.717) is 0 Å². The van der Waals surface area contributed by atoms with Gasteiger partial charge in [0.1, 0.15) is 6.54 Å². The Balaban J connectivity index is 1.84. The van der Waals surface area contributed by atoms with Crippen LogP contribution >= 0.6 is 0 Å². The molecule has 0 heterocycles. The first-order valence-electron chi connectivity index (χ1n) is 8.32. The SMILES string of the molecule is O=C(Cc1ccccc1)NCC(=O)Nc1ccc(S(=O)(=O)NCC(F)(F)F)cc1. The first-order chi connectivity index (χ1) is 13.5. The zero-order valence-corrected chi connectivity index (χ0v) is 15.8. The highest BCUT2D eigenvalue weighted by Gasteiger charge is 2.30. The van der Waals surface area contributed by atoms with Crippen molar-refractivity contribution in [1.29, 1.82) is 0 Å². The van der Waals surface area contributed by atoms with Crippen molar-refractivity contribution in [2.45, 2.75) is 17.5 Å². The largest absolute Gasteiger partial charge is 0.402 e. The van der Waals surface area contributed by atoms with Crippen molar-refractivity contribution in [3.63, 3.8) is 0 Å². The number of carbonyl (C=O) groups is 2. The highest BCUT2D eigenvalue weighted by Crippen LogP contribution is 2.17. The number of alkyl halides is 3. The average molecular weight is 429 g/mol. The van der Waals surface area contributed by atoms with Crippen LogP contribution in [0.4, 0.5) is 18.9 Å². The molecule has 156 valence electrons. The number of hydrogen-bond acceptors (Lipinski definition) is 4. The quantitative estimate of drug-likeness (QED) is 0.596. The molecule has 0 aliphatic heterocycles. The van der Waals surface area contributed by atoms with Crippen molar-refractivity contribution >= 4 is 27.5 Å². The summed E-state index contributed by atoms with van der Waals surface area (Å²) in [6.45, 7) is -1.98. The van der Waals surface area contributed by atoms with E-state index in [1.54, 1.807) is 24.3 Å². The van der Waals surface area contributed by atoms with Crippen LogP contribution in [0.2, 0.25) is 0 Å². The van der Waals surface area contributed by atoms with E-state index in [0.717, 1.165) is 17.7 Å². The fraction of sp³-hybridized carbons (Fsp3) is 0.222. The third kappa shape index (κ3) is 7.92. The summed E-state index contributed by atoms with van der Waals surface area (Å²) in [6, 6.07) is 13.5. The lowest BCUT2D eigenvalue weighted by Crippen LogP contribution is -2.34. The van der Waals surface area contributed by atoms with Crippen LogP contribution in [0.15, 0.2) is 59.5 Å². The Labute approximate surface area is 165 Å². The second-order valence-electron chi connectivity index (χ2n) is 5.95. The van der Waals surface area contributed by atoms with Gasteiger partial charge in [0, 0.05) is 5.69 Å². The summed E-state index contributed by atoms with van der Waals surface area (Å²) < 4.78 is 61.5. The predicted octanol–water partition coefficient (Wildman–Crippen LogP) is 1.82. The molecule has 0 aliphatic rings. The molecule has 0 aromatic heterocycles. The molecule has 0 radical (unpaired) electrons. The van der Waals surface area contributed by atoms with Gasteiger partial charge in [-0.15, -0.1) is 0 Å². The molecule has 2 rings (SSSR count). The Morgan fingerprint density at radius 1 is 0.897 bits per heavy atom. The number of nitrogens with one attached hydrogen (secondary N) is 3. The Bertz CT molecular complexity index is 947.